The quantitative estimate of drug-likeness (QED) is 0.637. The summed E-state index contributed by atoms with van der Waals surface area (Å²) >= 11 is 6.96. The number of rotatable bonds is 1. The van der Waals surface area contributed by atoms with E-state index < -0.39 is 0 Å². The van der Waals surface area contributed by atoms with Gasteiger partial charge in [-0.05, 0) is 26.1 Å². The molecular formula is C10H17NS2. The van der Waals surface area contributed by atoms with Crippen LogP contribution in [0, 0.1) is 3.95 Å². The van der Waals surface area contributed by atoms with E-state index >= 15 is 0 Å². The smallest absolute Gasteiger partial charge is 0.161 e. The van der Waals surface area contributed by atoms with Crippen molar-refractivity contribution in [3.8, 4) is 0 Å². The largest absolute Gasteiger partial charge is 0.324 e. The minimum atomic E-state index is 0.192. The van der Waals surface area contributed by atoms with Gasteiger partial charge in [-0.15, -0.1) is 11.3 Å². The van der Waals surface area contributed by atoms with Crippen molar-refractivity contribution in [3.05, 3.63) is 15.0 Å². The zero-order valence-corrected chi connectivity index (χ0v) is 10.6. The molecule has 0 unspecified atom stereocenters. The maximum Gasteiger partial charge on any atom is 0.161 e. The molecule has 0 radical (unpaired) electrons. The molecule has 13 heavy (non-hydrogen) atoms. The molecule has 0 aliphatic heterocycles. The molecule has 1 rings (SSSR count). The average molecular weight is 215 g/mol. The third-order valence-electron chi connectivity index (χ3n) is 2.01. The Morgan fingerprint density at radius 2 is 1.92 bits per heavy atom. The molecule has 0 bridgehead atoms. The van der Waals surface area contributed by atoms with E-state index in [2.05, 4.69) is 44.6 Å². The topological polar surface area (TPSA) is 4.93 Å². The molecule has 1 nitrogen and oxygen atoms in total. The van der Waals surface area contributed by atoms with Gasteiger partial charge in [-0.25, -0.2) is 0 Å². The summed E-state index contributed by atoms with van der Waals surface area (Å²) in [5, 5.41) is 2.18. The lowest BCUT2D eigenvalue weighted by molar-refractivity contribution is 0.482. The van der Waals surface area contributed by atoms with Crippen molar-refractivity contribution in [2.24, 2.45) is 0 Å². The highest BCUT2D eigenvalue weighted by molar-refractivity contribution is 7.73. The summed E-state index contributed by atoms with van der Waals surface area (Å²) in [6.07, 6.45) is 0. The van der Waals surface area contributed by atoms with Crippen LogP contribution in [0.1, 0.15) is 46.4 Å². The second-order valence-electron chi connectivity index (χ2n) is 4.60. The minimum Gasteiger partial charge on any atom is -0.324 e. The summed E-state index contributed by atoms with van der Waals surface area (Å²) in [4.78, 5) is 0. The second-order valence-corrected chi connectivity index (χ2v) is 6.10. The van der Waals surface area contributed by atoms with Crippen LogP contribution in [0.25, 0.3) is 0 Å². The van der Waals surface area contributed by atoms with Crippen molar-refractivity contribution < 1.29 is 0 Å². The summed E-state index contributed by atoms with van der Waals surface area (Å²) in [5.41, 5.74) is 1.54. The average Bonchev–Trinajstić information content (AvgIpc) is 2.28. The highest BCUT2D eigenvalue weighted by Crippen LogP contribution is 2.28. The Balaban J connectivity index is 3.32. The summed E-state index contributed by atoms with van der Waals surface area (Å²) < 4.78 is 3.24. The van der Waals surface area contributed by atoms with Crippen LogP contribution >= 0.6 is 23.6 Å². The van der Waals surface area contributed by atoms with Gasteiger partial charge >= 0.3 is 0 Å². The van der Waals surface area contributed by atoms with E-state index in [9.17, 15) is 0 Å². The van der Waals surface area contributed by atoms with Crippen LogP contribution in [0.3, 0.4) is 0 Å². The number of hydrogen-bond acceptors (Lipinski definition) is 2. The fourth-order valence-corrected chi connectivity index (χ4v) is 2.90. The van der Waals surface area contributed by atoms with Crippen LogP contribution in [-0.2, 0) is 5.41 Å². The van der Waals surface area contributed by atoms with Gasteiger partial charge in [0, 0.05) is 22.5 Å². The van der Waals surface area contributed by atoms with Gasteiger partial charge in [-0.2, -0.15) is 0 Å². The molecule has 0 atom stereocenters. The Kier molecular flexibility index (Phi) is 2.98. The van der Waals surface area contributed by atoms with E-state index in [1.165, 1.54) is 5.69 Å². The van der Waals surface area contributed by atoms with Gasteiger partial charge in [-0.3, -0.25) is 0 Å². The van der Waals surface area contributed by atoms with Gasteiger partial charge in [0.1, 0.15) is 0 Å². The van der Waals surface area contributed by atoms with E-state index in [1.807, 2.05) is 0 Å². The predicted molar refractivity (Wildman–Crippen MR) is 62.2 cm³/mol. The Bertz CT molecular complexity index is 339. The van der Waals surface area contributed by atoms with Crippen LogP contribution in [-0.4, -0.2) is 4.57 Å². The first-order valence-electron chi connectivity index (χ1n) is 4.54. The fraction of sp³-hybridized carbons (Fsp3) is 0.700. The molecule has 0 spiro atoms. The third kappa shape index (κ3) is 2.20. The molecule has 0 fully saturated rings. The number of nitrogens with zero attached hydrogens (tertiary/aromatic N) is 1. The van der Waals surface area contributed by atoms with Crippen molar-refractivity contribution >= 4 is 23.6 Å². The van der Waals surface area contributed by atoms with Gasteiger partial charge in [0.05, 0.1) is 0 Å². The van der Waals surface area contributed by atoms with Gasteiger partial charge in [0.2, 0.25) is 0 Å². The van der Waals surface area contributed by atoms with Gasteiger partial charge in [0.25, 0.3) is 0 Å². The molecule has 0 saturated carbocycles. The SMILES string of the molecule is CC(C)n1c(C(C)(C)C)csc1=S. The highest BCUT2D eigenvalue weighted by Gasteiger charge is 2.20. The first-order valence-corrected chi connectivity index (χ1v) is 5.83. The summed E-state index contributed by atoms with van der Waals surface area (Å²) in [5.74, 6) is 0. The lowest BCUT2D eigenvalue weighted by Crippen LogP contribution is -2.18. The van der Waals surface area contributed by atoms with E-state index in [1.54, 1.807) is 11.3 Å². The highest BCUT2D eigenvalue weighted by atomic mass is 32.1. The van der Waals surface area contributed by atoms with Gasteiger partial charge in [0.15, 0.2) is 3.95 Å². The standard InChI is InChI=1S/C10H17NS2/c1-7(2)11-8(10(3,4)5)6-13-9(11)12/h6-7H,1-5H3. The van der Waals surface area contributed by atoms with Crippen LogP contribution < -0.4 is 0 Å². The first kappa shape index (κ1) is 10.9. The lowest BCUT2D eigenvalue weighted by Gasteiger charge is -2.23. The monoisotopic (exact) mass is 215 g/mol. The molecule has 1 aromatic heterocycles. The van der Waals surface area contributed by atoms with E-state index in [0.29, 0.717) is 6.04 Å². The third-order valence-corrected chi connectivity index (χ3v) is 3.24. The Morgan fingerprint density at radius 3 is 2.23 bits per heavy atom. The molecule has 0 saturated heterocycles. The van der Waals surface area contributed by atoms with E-state index in [-0.39, 0.29) is 5.41 Å². The van der Waals surface area contributed by atoms with Gasteiger partial charge in [-0.1, -0.05) is 20.8 Å². The lowest BCUT2D eigenvalue weighted by atomic mass is 9.92. The minimum absolute atomic E-state index is 0.192. The van der Waals surface area contributed by atoms with Crippen molar-refractivity contribution in [3.63, 3.8) is 0 Å². The van der Waals surface area contributed by atoms with Crippen LogP contribution in [0.4, 0.5) is 0 Å². The maximum absolute atomic E-state index is 5.30. The Hall–Kier alpha value is -0.150. The molecule has 3 heteroatoms. The molecule has 1 aromatic rings. The van der Waals surface area contributed by atoms with E-state index in [4.69, 9.17) is 12.2 Å². The first-order chi connectivity index (χ1) is 5.84. The predicted octanol–water partition coefficient (Wildman–Crippen LogP) is 4.16. The van der Waals surface area contributed by atoms with Crippen molar-refractivity contribution in [2.45, 2.75) is 46.1 Å². The fourth-order valence-electron chi connectivity index (χ4n) is 1.35. The molecule has 0 aliphatic carbocycles. The maximum atomic E-state index is 5.30. The van der Waals surface area contributed by atoms with Crippen LogP contribution in [0.5, 0.6) is 0 Å². The van der Waals surface area contributed by atoms with Crippen LogP contribution in [0.2, 0.25) is 0 Å². The summed E-state index contributed by atoms with van der Waals surface area (Å²) in [7, 11) is 0. The number of aromatic nitrogens is 1. The molecule has 74 valence electrons. The zero-order chi connectivity index (χ0) is 10.2. The zero-order valence-electron chi connectivity index (χ0n) is 8.92. The molecule has 0 N–H and O–H groups in total. The molecular weight excluding hydrogens is 198 g/mol. The van der Waals surface area contributed by atoms with Crippen molar-refractivity contribution in [1.82, 2.24) is 4.57 Å². The van der Waals surface area contributed by atoms with Crippen LogP contribution in [0.15, 0.2) is 5.38 Å². The summed E-state index contributed by atoms with van der Waals surface area (Å²) in [6, 6.07) is 0.466. The van der Waals surface area contributed by atoms with Gasteiger partial charge < -0.3 is 4.57 Å². The number of thiazole rings is 1. The van der Waals surface area contributed by atoms with Crippen molar-refractivity contribution in [1.29, 1.82) is 0 Å². The number of hydrogen-bond donors (Lipinski definition) is 0. The Morgan fingerprint density at radius 1 is 1.38 bits per heavy atom. The molecule has 1 heterocycles. The second kappa shape index (κ2) is 3.54. The molecule has 0 aromatic carbocycles. The van der Waals surface area contributed by atoms with E-state index in [0.717, 1.165) is 3.95 Å². The normalized spacial score (nSPS) is 12.5. The molecule has 0 amide bonds. The summed E-state index contributed by atoms with van der Waals surface area (Å²) in [6.45, 7) is 11.0. The van der Waals surface area contributed by atoms with Crippen molar-refractivity contribution in [2.75, 3.05) is 0 Å². The Labute approximate surface area is 89.4 Å². The molecule has 0 aliphatic rings.